The van der Waals surface area contributed by atoms with E-state index in [1.807, 2.05) is 17.0 Å². The average molecular weight is 380 g/mol. The van der Waals surface area contributed by atoms with Gasteiger partial charge < -0.3 is 15.1 Å². The highest BCUT2D eigenvalue weighted by atomic mass is 16.2. The summed E-state index contributed by atoms with van der Waals surface area (Å²) in [5.74, 6) is 1.70. The molecule has 2 aromatic rings. The van der Waals surface area contributed by atoms with Crippen molar-refractivity contribution in [2.75, 3.05) is 32.0 Å². The molecule has 0 radical (unpaired) electrons. The van der Waals surface area contributed by atoms with Gasteiger partial charge in [-0.2, -0.15) is 0 Å². The Kier molecular flexibility index (Phi) is 5.52. The third-order valence-corrected chi connectivity index (χ3v) is 5.89. The quantitative estimate of drug-likeness (QED) is 0.858. The van der Waals surface area contributed by atoms with Gasteiger partial charge in [-0.15, -0.1) is 0 Å². The molecule has 0 aromatic carbocycles. The third-order valence-electron chi connectivity index (χ3n) is 5.89. The number of nitrogens with one attached hydrogen (secondary N) is 1. The number of carbonyl (C=O) groups excluding carboxylic acids is 1. The Hall–Kier alpha value is -2.54. The van der Waals surface area contributed by atoms with Crippen molar-refractivity contribution in [1.82, 2.24) is 24.8 Å². The highest BCUT2D eigenvalue weighted by Crippen LogP contribution is 2.27. The minimum atomic E-state index is 0.0912. The second-order valence-corrected chi connectivity index (χ2v) is 7.74. The monoisotopic (exact) mass is 380 g/mol. The van der Waals surface area contributed by atoms with Gasteiger partial charge in [-0.05, 0) is 51.4 Å². The lowest BCUT2D eigenvalue weighted by molar-refractivity contribution is -0.129. The lowest BCUT2D eigenvalue weighted by atomic mass is 10.0. The number of nitrogens with zero attached hydrogens (tertiary/aromatic N) is 5. The Bertz CT molecular complexity index is 840. The van der Waals surface area contributed by atoms with E-state index in [0.29, 0.717) is 18.4 Å². The summed E-state index contributed by atoms with van der Waals surface area (Å²) < 4.78 is 0. The molecule has 2 aliphatic heterocycles. The lowest BCUT2D eigenvalue weighted by Crippen LogP contribution is -2.35. The summed E-state index contributed by atoms with van der Waals surface area (Å²) >= 11 is 0. The smallest absolute Gasteiger partial charge is 0.219 e. The fraction of sp³-hybridized carbons (Fsp3) is 0.524. The van der Waals surface area contributed by atoms with E-state index in [1.165, 1.54) is 19.4 Å². The molecule has 0 bridgehead atoms. The number of rotatable bonds is 5. The number of fused-ring (bicyclic) bond motifs is 1. The van der Waals surface area contributed by atoms with Crippen LogP contribution in [0.3, 0.4) is 0 Å². The van der Waals surface area contributed by atoms with Gasteiger partial charge in [0.25, 0.3) is 0 Å². The van der Waals surface area contributed by atoms with Crippen LogP contribution in [-0.2, 0) is 17.8 Å². The molecule has 1 saturated heterocycles. The van der Waals surface area contributed by atoms with Crippen LogP contribution < -0.4 is 5.32 Å². The van der Waals surface area contributed by atoms with Gasteiger partial charge in [0.2, 0.25) is 5.91 Å². The molecule has 0 saturated carbocycles. The van der Waals surface area contributed by atoms with Crippen molar-refractivity contribution in [2.24, 2.45) is 0 Å². The first kappa shape index (κ1) is 18.8. The summed E-state index contributed by atoms with van der Waals surface area (Å²) in [5, 5.41) is 3.58. The first-order valence-electron chi connectivity index (χ1n) is 10.1. The maximum atomic E-state index is 11.9. The van der Waals surface area contributed by atoms with E-state index in [9.17, 15) is 4.79 Å². The number of hydrogen-bond acceptors (Lipinski definition) is 6. The Labute approximate surface area is 166 Å². The molecule has 28 heavy (non-hydrogen) atoms. The van der Waals surface area contributed by atoms with Crippen molar-refractivity contribution >= 4 is 11.7 Å². The maximum Gasteiger partial charge on any atom is 0.219 e. The highest BCUT2D eigenvalue weighted by molar-refractivity contribution is 5.74. The highest BCUT2D eigenvalue weighted by Gasteiger charge is 2.25. The minimum absolute atomic E-state index is 0.0912. The first-order chi connectivity index (χ1) is 13.6. The predicted octanol–water partition coefficient (Wildman–Crippen LogP) is 2.34. The molecule has 148 valence electrons. The average Bonchev–Trinajstić information content (AvgIpc) is 3.12. The second-order valence-electron chi connectivity index (χ2n) is 7.74. The molecule has 2 aromatic heterocycles. The largest absolute Gasteiger partial charge is 0.370 e. The fourth-order valence-corrected chi connectivity index (χ4v) is 4.18. The lowest BCUT2D eigenvalue weighted by Gasteiger charge is -2.29. The Morgan fingerprint density at radius 1 is 1.25 bits per heavy atom. The molecule has 0 aliphatic carbocycles. The Balaban J connectivity index is 1.58. The summed E-state index contributed by atoms with van der Waals surface area (Å²) in [6.45, 7) is 4.98. The zero-order valence-electron chi connectivity index (χ0n) is 16.7. The molecule has 1 N–H and O–H groups in total. The topological polar surface area (TPSA) is 74.2 Å². The Morgan fingerprint density at radius 2 is 2.07 bits per heavy atom. The van der Waals surface area contributed by atoms with Crippen LogP contribution in [-0.4, -0.2) is 63.4 Å². The van der Waals surface area contributed by atoms with Crippen LogP contribution in [0, 0.1) is 0 Å². The van der Waals surface area contributed by atoms with Crippen LogP contribution in [0.15, 0.2) is 24.5 Å². The van der Waals surface area contributed by atoms with Crippen LogP contribution in [0.5, 0.6) is 0 Å². The van der Waals surface area contributed by atoms with Crippen molar-refractivity contribution in [2.45, 2.75) is 45.2 Å². The van der Waals surface area contributed by atoms with Gasteiger partial charge in [-0.1, -0.05) is 0 Å². The van der Waals surface area contributed by atoms with Gasteiger partial charge in [0.1, 0.15) is 5.82 Å². The third kappa shape index (κ3) is 3.99. The van der Waals surface area contributed by atoms with E-state index in [-0.39, 0.29) is 5.91 Å². The van der Waals surface area contributed by atoms with Crippen molar-refractivity contribution in [3.8, 4) is 11.4 Å². The zero-order chi connectivity index (χ0) is 19.5. The standard InChI is InChI=1S/C21H28N6O/c1-15(28)27-13-8-18-19(14-27)24-20(16-5-9-22-10-6-16)25-21(18)23-11-7-17-4-3-12-26(17)2/h5-6,9-10,17H,3-4,7-8,11-14H2,1-2H3,(H,23,24,25)/t17-/m0/s1. The molecular weight excluding hydrogens is 352 g/mol. The second kappa shape index (κ2) is 8.22. The first-order valence-corrected chi connectivity index (χ1v) is 10.1. The van der Waals surface area contributed by atoms with Crippen molar-refractivity contribution in [1.29, 1.82) is 0 Å². The van der Waals surface area contributed by atoms with E-state index in [4.69, 9.17) is 9.97 Å². The maximum absolute atomic E-state index is 11.9. The Morgan fingerprint density at radius 3 is 2.79 bits per heavy atom. The predicted molar refractivity (Wildman–Crippen MR) is 109 cm³/mol. The number of anilines is 1. The molecular formula is C21H28N6O. The SMILES string of the molecule is CC(=O)N1CCc2c(nc(-c3ccncc3)nc2NCC[C@@H]2CCCN2C)C1. The number of likely N-dealkylation sites (tertiary alicyclic amines) is 1. The van der Waals surface area contributed by atoms with Crippen LogP contribution in [0.1, 0.15) is 37.4 Å². The van der Waals surface area contributed by atoms with Crippen molar-refractivity contribution in [3.05, 3.63) is 35.8 Å². The minimum Gasteiger partial charge on any atom is -0.370 e. The molecule has 2 aliphatic rings. The summed E-state index contributed by atoms with van der Waals surface area (Å²) in [5.41, 5.74) is 3.04. The van der Waals surface area contributed by atoms with E-state index >= 15 is 0 Å². The summed E-state index contributed by atoms with van der Waals surface area (Å²) in [7, 11) is 2.21. The summed E-state index contributed by atoms with van der Waals surface area (Å²) in [6, 6.07) is 4.49. The van der Waals surface area contributed by atoms with Crippen LogP contribution >= 0.6 is 0 Å². The van der Waals surface area contributed by atoms with Gasteiger partial charge in [-0.3, -0.25) is 9.78 Å². The van der Waals surface area contributed by atoms with Gasteiger partial charge in [-0.25, -0.2) is 9.97 Å². The molecule has 0 unspecified atom stereocenters. The normalized spacial score (nSPS) is 19.5. The summed E-state index contributed by atoms with van der Waals surface area (Å²) in [6.07, 6.45) is 7.97. The molecule has 0 spiro atoms. The molecule has 1 fully saturated rings. The number of pyridine rings is 1. The van der Waals surface area contributed by atoms with Gasteiger partial charge >= 0.3 is 0 Å². The van der Waals surface area contributed by atoms with E-state index in [1.54, 1.807) is 19.3 Å². The van der Waals surface area contributed by atoms with Crippen LogP contribution in [0.25, 0.3) is 11.4 Å². The molecule has 1 atom stereocenters. The van der Waals surface area contributed by atoms with Gasteiger partial charge in [0, 0.05) is 49.6 Å². The number of carbonyl (C=O) groups is 1. The summed E-state index contributed by atoms with van der Waals surface area (Å²) in [4.78, 5) is 29.9. The van der Waals surface area contributed by atoms with E-state index < -0.39 is 0 Å². The zero-order valence-corrected chi connectivity index (χ0v) is 16.7. The number of aromatic nitrogens is 3. The van der Waals surface area contributed by atoms with Gasteiger partial charge in [0.15, 0.2) is 5.82 Å². The molecule has 4 rings (SSSR count). The molecule has 4 heterocycles. The van der Waals surface area contributed by atoms with E-state index in [2.05, 4.69) is 22.2 Å². The molecule has 7 nitrogen and oxygen atoms in total. The van der Waals surface area contributed by atoms with Crippen LogP contribution in [0.4, 0.5) is 5.82 Å². The van der Waals surface area contributed by atoms with Crippen LogP contribution in [0.2, 0.25) is 0 Å². The van der Waals surface area contributed by atoms with Gasteiger partial charge in [0.05, 0.1) is 12.2 Å². The van der Waals surface area contributed by atoms with Crippen molar-refractivity contribution in [3.63, 3.8) is 0 Å². The molecule has 1 amide bonds. The van der Waals surface area contributed by atoms with Crippen molar-refractivity contribution < 1.29 is 4.79 Å². The number of amides is 1. The number of hydrogen-bond donors (Lipinski definition) is 1. The van der Waals surface area contributed by atoms with E-state index in [0.717, 1.165) is 48.6 Å². The molecule has 7 heteroatoms. The fourth-order valence-electron chi connectivity index (χ4n) is 4.18.